The van der Waals surface area contributed by atoms with Crippen molar-refractivity contribution in [1.29, 1.82) is 0 Å². The molecule has 2 aliphatic heterocycles. The van der Waals surface area contributed by atoms with E-state index >= 15 is 0 Å². The number of carbonyl (C=O) groups excluding carboxylic acids is 1. The Hall–Kier alpha value is -2.77. The number of nitrogens with one attached hydrogen (secondary N) is 1. The number of nitrogens with zero attached hydrogens (tertiary/aromatic N) is 1. The molecule has 0 spiro atoms. The highest BCUT2D eigenvalue weighted by atomic mass is 19.4. The van der Waals surface area contributed by atoms with Gasteiger partial charge in [0.15, 0.2) is 0 Å². The van der Waals surface area contributed by atoms with Gasteiger partial charge in [0.25, 0.3) is 5.82 Å². The van der Waals surface area contributed by atoms with Gasteiger partial charge in [-0.15, -0.1) is 0 Å². The van der Waals surface area contributed by atoms with Gasteiger partial charge < -0.3 is 14.6 Å². The monoisotopic (exact) mass is 410 g/mol. The summed E-state index contributed by atoms with van der Waals surface area (Å²) in [6.45, 7) is 5.46. The maximum atomic E-state index is 10.5. The van der Waals surface area contributed by atoms with Gasteiger partial charge in [0.1, 0.15) is 23.3 Å². The fourth-order valence-corrected chi connectivity index (χ4v) is 3.89. The van der Waals surface area contributed by atoms with Gasteiger partial charge in [-0.2, -0.15) is 13.2 Å². The van der Waals surface area contributed by atoms with Crippen molar-refractivity contribution >= 4 is 11.8 Å². The fourth-order valence-electron chi connectivity index (χ4n) is 3.89. The summed E-state index contributed by atoms with van der Waals surface area (Å²) >= 11 is 0. The van der Waals surface area contributed by atoms with Gasteiger partial charge in [0, 0.05) is 17.5 Å². The molecule has 0 radical (unpaired) electrons. The molecule has 0 aliphatic carbocycles. The second-order valence-corrected chi connectivity index (χ2v) is 7.30. The third kappa shape index (κ3) is 4.46. The van der Waals surface area contributed by atoms with E-state index in [2.05, 4.69) is 72.4 Å². The molecule has 2 aromatic rings. The number of para-hydroxylation sites is 1. The summed E-state index contributed by atoms with van der Waals surface area (Å²) in [6.07, 6.45) is -1.96. The Bertz CT molecular complexity index is 868. The molecule has 0 bridgehead atoms. The zero-order valence-electron chi connectivity index (χ0n) is 15.5. The summed E-state index contributed by atoms with van der Waals surface area (Å²) in [7, 11) is 0. The highest BCUT2D eigenvalue weighted by molar-refractivity contribution is 5.70. The van der Waals surface area contributed by atoms with E-state index in [0.29, 0.717) is 12.0 Å². The van der Waals surface area contributed by atoms with Crippen molar-refractivity contribution < 1.29 is 32.4 Å². The minimum absolute atomic E-state index is 0. The van der Waals surface area contributed by atoms with E-state index in [9.17, 15) is 13.2 Å². The number of hydrogen-bond donors (Lipinski definition) is 1. The number of pyridine rings is 1. The number of aliphatic carboxylic acids is 1. The van der Waals surface area contributed by atoms with E-state index in [4.69, 9.17) is 14.6 Å². The second kappa shape index (κ2) is 8.31. The molecule has 8 heteroatoms. The van der Waals surface area contributed by atoms with Crippen molar-refractivity contribution in [3.8, 4) is 5.75 Å². The molecule has 4 rings (SSSR count). The summed E-state index contributed by atoms with van der Waals surface area (Å²) in [5, 5.41) is 12.5. The minimum atomic E-state index is -5.19. The maximum absolute atomic E-state index is 10.5. The Labute approximate surface area is 168 Å². The Morgan fingerprint density at radius 3 is 2.48 bits per heavy atom. The Morgan fingerprint density at radius 1 is 1.21 bits per heavy atom. The van der Waals surface area contributed by atoms with E-state index in [1.165, 1.54) is 11.4 Å². The summed E-state index contributed by atoms with van der Waals surface area (Å²) < 4.78 is 39.9. The van der Waals surface area contributed by atoms with Crippen LogP contribution < -0.4 is 19.7 Å². The standard InChI is InChI=1S/C18H20N2O.C2HF3O2.CH4/c1-18(2)14-10-12-21-15-8-4-3-7-13(15)17(14)19-16-9-5-6-11-20(16)18;3-2(4,5)1(6)7;/h3-9,11,14,17H,10,12H2,1-2H3;(H,6,7);1H4/t14-,17+;;/m0../s1. The molecule has 1 aromatic carbocycles. The topological polar surface area (TPSA) is 65.3 Å². The lowest BCUT2D eigenvalue weighted by atomic mass is 9.75. The molecule has 2 aliphatic rings. The third-order valence-electron chi connectivity index (χ3n) is 5.27. The van der Waals surface area contributed by atoms with Crippen LogP contribution >= 0.6 is 0 Å². The average molecular weight is 410 g/mol. The molecule has 3 heterocycles. The number of benzene rings is 1. The normalized spacial score (nSPS) is 21.1. The number of halogens is 3. The number of anilines is 1. The maximum Gasteiger partial charge on any atom is 0.430 e. The van der Waals surface area contributed by atoms with Crippen LogP contribution in [0.15, 0.2) is 48.7 Å². The molecule has 5 nitrogen and oxygen atoms in total. The lowest BCUT2D eigenvalue weighted by Gasteiger charge is -2.40. The van der Waals surface area contributed by atoms with Crippen LogP contribution in [0.2, 0.25) is 0 Å². The van der Waals surface area contributed by atoms with Crippen molar-refractivity contribution in [3.05, 3.63) is 54.2 Å². The second-order valence-electron chi connectivity index (χ2n) is 7.30. The summed E-state index contributed by atoms with van der Waals surface area (Å²) in [6, 6.07) is 15.1. The van der Waals surface area contributed by atoms with Gasteiger partial charge in [0.2, 0.25) is 0 Å². The first-order chi connectivity index (χ1) is 13.1. The quantitative estimate of drug-likeness (QED) is 0.678. The lowest BCUT2D eigenvalue weighted by molar-refractivity contribution is -0.758. The third-order valence-corrected chi connectivity index (χ3v) is 5.27. The first kappa shape index (κ1) is 22.5. The van der Waals surface area contributed by atoms with Gasteiger partial charge in [-0.25, -0.2) is 4.57 Å². The van der Waals surface area contributed by atoms with Gasteiger partial charge in [-0.1, -0.05) is 31.7 Å². The van der Waals surface area contributed by atoms with Crippen molar-refractivity contribution in [1.82, 2.24) is 0 Å². The van der Waals surface area contributed by atoms with E-state index in [1.54, 1.807) is 0 Å². The number of fused-ring (bicyclic) bond motifs is 4. The number of hydrogen-bond acceptors (Lipinski definition) is 4. The number of rotatable bonds is 0. The Morgan fingerprint density at radius 2 is 1.83 bits per heavy atom. The molecule has 0 amide bonds. The van der Waals surface area contributed by atoms with E-state index in [0.717, 1.165) is 18.8 Å². The first-order valence-corrected chi connectivity index (χ1v) is 8.90. The van der Waals surface area contributed by atoms with Crippen molar-refractivity contribution in [2.24, 2.45) is 5.92 Å². The van der Waals surface area contributed by atoms with Crippen molar-refractivity contribution in [2.75, 3.05) is 11.9 Å². The molecule has 1 N–H and O–H groups in total. The molecular formula is C21H25F3N2O3. The molecule has 0 saturated heterocycles. The van der Waals surface area contributed by atoms with Crippen molar-refractivity contribution in [3.63, 3.8) is 0 Å². The summed E-state index contributed by atoms with van der Waals surface area (Å²) in [4.78, 5) is 8.78. The highest BCUT2D eigenvalue weighted by Gasteiger charge is 2.49. The number of aromatic nitrogens is 1. The first-order valence-electron chi connectivity index (χ1n) is 8.90. The fraction of sp³-hybridized carbons (Fsp3) is 0.429. The van der Waals surface area contributed by atoms with E-state index < -0.39 is 12.1 Å². The van der Waals surface area contributed by atoms with Crippen LogP contribution in [0, 0.1) is 5.92 Å². The molecule has 29 heavy (non-hydrogen) atoms. The predicted molar refractivity (Wildman–Crippen MR) is 100 cm³/mol. The zero-order valence-corrected chi connectivity index (χ0v) is 15.5. The van der Waals surface area contributed by atoms with Gasteiger partial charge >= 0.3 is 6.18 Å². The Kier molecular flexibility index (Phi) is 6.45. The number of alkyl halides is 3. The Balaban J connectivity index is 0.000000327. The number of carbonyl (C=O) groups is 1. The molecule has 0 fully saturated rings. The minimum Gasteiger partial charge on any atom is -0.542 e. The molecular weight excluding hydrogens is 385 g/mol. The SMILES string of the molecule is C.CC1(C)[C@H]2CCOc3ccccc3[C@H]2Nc2cccc[n+]21.O=C([O-])C(F)(F)F. The number of carboxylic acids is 1. The van der Waals surface area contributed by atoms with Crippen LogP contribution in [0.25, 0.3) is 0 Å². The lowest BCUT2D eigenvalue weighted by Crippen LogP contribution is -2.63. The van der Waals surface area contributed by atoms with Crippen LogP contribution in [0.5, 0.6) is 5.75 Å². The molecule has 158 valence electrons. The average Bonchev–Trinajstić information content (AvgIpc) is 2.82. The van der Waals surface area contributed by atoms with Crippen LogP contribution in [0.1, 0.15) is 39.3 Å². The zero-order chi connectivity index (χ0) is 20.5. The highest BCUT2D eigenvalue weighted by Crippen LogP contribution is 2.45. The summed E-state index contributed by atoms with van der Waals surface area (Å²) in [5.74, 6) is -0.299. The molecule has 0 unspecified atom stereocenters. The summed E-state index contributed by atoms with van der Waals surface area (Å²) in [5.41, 5.74) is 1.34. The molecule has 2 atom stereocenters. The molecule has 0 saturated carbocycles. The predicted octanol–water partition coefficient (Wildman–Crippen LogP) is 3.21. The van der Waals surface area contributed by atoms with Crippen LogP contribution in [0.3, 0.4) is 0 Å². The smallest absolute Gasteiger partial charge is 0.430 e. The van der Waals surface area contributed by atoms with Gasteiger partial charge in [-0.3, -0.25) is 5.32 Å². The molecule has 1 aromatic heterocycles. The van der Waals surface area contributed by atoms with Crippen molar-refractivity contribution in [2.45, 2.75) is 45.5 Å². The van der Waals surface area contributed by atoms with Crippen LogP contribution in [-0.4, -0.2) is 18.8 Å². The van der Waals surface area contributed by atoms with Gasteiger partial charge in [-0.05, 0) is 32.4 Å². The number of ether oxygens (including phenoxy) is 1. The number of carboxylic acid groups (broad SMARTS) is 1. The van der Waals surface area contributed by atoms with E-state index in [-0.39, 0.29) is 13.0 Å². The largest absolute Gasteiger partial charge is 0.542 e. The van der Waals surface area contributed by atoms with E-state index in [1.807, 2.05) is 0 Å². The van der Waals surface area contributed by atoms with Gasteiger partial charge in [0.05, 0.1) is 12.8 Å². The van der Waals surface area contributed by atoms with Crippen LogP contribution in [-0.2, 0) is 10.3 Å². The van der Waals surface area contributed by atoms with Crippen LogP contribution in [0.4, 0.5) is 19.0 Å².